The first-order valence-electron chi connectivity index (χ1n) is 12.6. The standard InChI is InChI=1S/C27H42O3/c1-17(7-6-16-28)21-10-11-23-20-8-9-22-18(2)25(30-19(3)29)13-15-27(22,5)24(20)12-14-26(21,23)4/h16-18,21-23,25H,6-15H2,1-5H3/t17-,18?,21?,22?,23?,25?,26?,27?/m1/s1. The van der Waals surface area contributed by atoms with Gasteiger partial charge in [0, 0.05) is 13.3 Å². The molecule has 7 unspecified atom stereocenters. The van der Waals surface area contributed by atoms with Crippen molar-refractivity contribution in [3.8, 4) is 0 Å². The minimum Gasteiger partial charge on any atom is -0.462 e. The van der Waals surface area contributed by atoms with Gasteiger partial charge in [-0.15, -0.1) is 0 Å². The van der Waals surface area contributed by atoms with E-state index >= 15 is 0 Å². The molecule has 0 bridgehead atoms. The number of ether oxygens (including phenoxy) is 1. The lowest BCUT2D eigenvalue weighted by Gasteiger charge is -2.57. The molecule has 4 aliphatic rings. The molecule has 4 aliphatic carbocycles. The minimum atomic E-state index is -0.125. The summed E-state index contributed by atoms with van der Waals surface area (Å²) in [5.74, 6) is 3.14. The number of aldehydes is 1. The molecule has 3 nitrogen and oxygen atoms in total. The molecule has 3 heteroatoms. The summed E-state index contributed by atoms with van der Waals surface area (Å²) in [6, 6.07) is 0. The topological polar surface area (TPSA) is 43.4 Å². The van der Waals surface area contributed by atoms with Crippen molar-refractivity contribution in [1.82, 2.24) is 0 Å². The molecule has 2 saturated carbocycles. The first kappa shape index (κ1) is 22.1. The molecule has 0 heterocycles. The van der Waals surface area contributed by atoms with Crippen molar-refractivity contribution in [2.45, 2.75) is 105 Å². The molecule has 0 aromatic heterocycles. The molecule has 0 aliphatic heterocycles. The number of rotatable bonds is 5. The summed E-state index contributed by atoms with van der Waals surface area (Å²) in [6.45, 7) is 11.4. The average Bonchev–Trinajstić information content (AvgIpc) is 3.05. The molecule has 0 radical (unpaired) electrons. The van der Waals surface area contributed by atoms with Gasteiger partial charge in [-0.1, -0.05) is 38.8 Å². The quantitative estimate of drug-likeness (QED) is 0.293. The van der Waals surface area contributed by atoms with E-state index < -0.39 is 0 Å². The molecule has 30 heavy (non-hydrogen) atoms. The van der Waals surface area contributed by atoms with Crippen LogP contribution in [0.2, 0.25) is 0 Å². The van der Waals surface area contributed by atoms with E-state index in [1.54, 1.807) is 12.5 Å². The van der Waals surface area contributed by atoms with Crippen LogP contribution in [0.25, 0.3) is 0 Å². The maximum absolute atomic E-state index is 11.6. The normalized spacial score (nSPS) is 44.0. The van der Waals surface area contributed by atoms with Gasteiger partial charge in [0.15, 0.2) is 0 Å². The first-order valence-corrected chi connectivity index (χ1v) is 12.6. The minimum absolute atomic E-state index is 0.103. The van der Waals surface area contributed by atoms with Crippen molar-refractivity contribution < 1.29 is 14.3 Å². The SMILES string of the molecule is CC(=O)OC1CCC2(C)C3=C(CCC2C1C)C1CCC([C@H](C)CCC=O)C1(C)CC3. The van der Waals surface area contributed by atoms with E-state index in [4.69, 9.17) is 4.74 Å². The Kier molecular flexibility index (Phi) is 5.96. The molecule has 0 spiro atoms. The average molecular weight is 415 g/mol. The summed E-state index contributed by atoms with van der Waals surface area (Å²) in [7, 11) is 0. The Hall–Kier alpha value is -1.12. The van der Waals surface area contributed by atoms with Crippen LogP contribution >= 0.6 is 0 Å². The fourth-order valence-electron chi connectivity index (χ4n) is 8.78. The van der Waals surface area contributed by atoms with Crippen molar-refractivity contribution in [2.75, 3.05) is 0 Å². The summed E-state index contributed by atoms with van der Waals surface area (Å²) in [5.41, 5.74) is 4.35. The van der Waals surface area contributed by atoms with Gasteiger partial charge >= 0.3 is 5.97 Å². The first-order chi connectivity index (χ1) is 14.2. The van der Waals surface area contributed by atoms with E-state index in [0.29, 0.717) is 35.0 Å². The Labute approximate surface area is 183 Å². The second-order valence-electron chi connectivity index (χ2n) is 11.6. The summed E-state index contributed by atoms with van der Waals surface area (Å²) in [5, 5.41) is 0. The number of hydrogen-bond acceptors (Lipinski definition) is 3. The largest absolute Gasteiger partial charge is 0.462 e. The fourth-order valence-corrected chi connectivity index (χ4v) is 8.78. The number of fused-ring (bicyclic) bond motifs is 4. The third-order valence-corrected chi connectivity index (χ3v) is 10.3. The van der Waals surface area contributed by atoms with Gasteiger partial charge in [-0.05, 0) is 98.2 Å². The summed E-state index contributed by atoms with van der Waals surface area (Å²) >= 11 is 0. The van der Waals surface area contributed by atoms with E-state index in [2.05, 4.69) is 27.7 Å². The zero-order chi connectivity index (χ0) is 21.7. The van der Waals surface area contributed by atoms with Crippen LogP contribution in [0.4, 0.5) is 0 Å². The summed E-state index contributed by atoms with van der Waals surface area (Å²) < 4.78 is 5.71. The zero-order valence-electron chi connectivity index (χ0n) is 19.8. The van der Waals surface area contributed by atoms with Crippen LogP contribution in [-0.4, -0.2) is 18.4 Å². The van der Waals surface area contributed by atoms with E-state index in [-0.39, 0.29) is 12.1 Å². The van der Waals surface area contributed by atoms with Crippen LogP contribution in [-0.2, 0) is 14.3 Å². The highest BCUT2D eigenvalue weighted by Gasteiger charge is 2.57. The van der Waals surface area contributed by atoms with E-state index in [1.807, 2.05) is 5.57 Å². The predicted molar refractivity (Wildman–Crippen MR) is 120 cm³/mol. The summed E-state index contributed by atoms with van der Waals surface area (Å²) in [4.78, 5) is 22.5. The van der Waals surface area contributed by atoms with Crippen LogP contribution in [0.3, 0.4) is 0 Å². The second-order valence-corrected chi connectivity index (χ2v) is 11.6. The van der Waals surface area contributed by atoms with Gasteiger partial charge in [0.1, 0.15) is 12.4 Å². The molecule has 0 amide bonds. The number of allylic oxidation sites excluding steroid dienone is 2. The summed E-state index contributed by atoms with van der Waals surface area (Å²) in [6.07, 6.45) is 12.9. The van der Waals surface area contributed by atoms with Crippen molar-refractivity contribution in [3.63, 3.8) is 0 Å². The van der Waals surface area contributed by atoms with Gasteiger partial charge in [-0.2, -0.15) is 0 Å². The Morgan fingerprint density at radius 1 is 1.17 bits per heavy atom. The Morgan fingerprint density at radius 2 is 1.93 bits per heavy atom. The van der Waals surface area contributed by atoms with Gasteiger partial charge in [0.05, 0.1) is 0 Å². The zero-order valence-corrected chi connectivity index (χ0v) is 19.8. The second kappa shape index (κ2) is 8.10. The van der Waals surface area contributed by atoms with E-state index in [9.17, 15) is 9.59 Å². The van der Waals surface area contributed by atoms with Crippen molar-refractivity contribution in [1.29, 1.82) is 0 Å². The maximum atomic E-state index is 11.6. The maximum Gasteiger partial charge on any atom is 0.302 e. The smallest absolute Gasteiger partial charge is 0.302 e. The third kappa shape index (κ3) is 3.39. The number of carbonyl (C=O) groups is 2. The number of hydrogen-bond donors (Lipinski definition) is 0. The molecule has 4 rings (SSSR count). The number of esters is 1. The van der Waals surface area contributed by atoms with Crippen LogP contribution in [0.15, 0.2) is 11.1 Å². The molecule has 168 valence electrons. The molecular formula is C27H42O3. The number of carbonyl (C=O) groups excluding carboxylic acids is 2. The van der Waals surface area contributed by atoms with Crippen LogP contribution < -0.4 is 0 Å². The lowest BCUT2D eigenvalue weighted by molar-refractivity contribution is -0.155. The van der Waals surface area contributed by atoms with Crippen LogP contribution in [0, 0.1) is 40.4 Å². The van der Waals surface area contributed by atoms with Gasteiger partial charge in [0.2, 0.25) is 0 Å². The highest BCUT2D eigenvalue weighted by Crippen LogP contribution is 2.66. The Balaban J connectivity index is 1.58. The Bertz CT molecular complexity index is 724. The molecule has 0 aromatic carbocycles. The molecule has 8 atom stereocenters. The highest BCUT2D eigenvalue weighted by molar-refractivity contribution is 5.66. The Morgan fingerprint density at radius 3 is 2.63 bits per heavy atom. The van der Waals surface area contributed by atoms with Gasteiger partial charge < -0.3 is 9.53 Å². The molecule has 0 saturated heterocycles. The van der Waals surface area contributed by atoms with Crippen molar-refractivity contribution in [2.24, 2.45) is 40.4 Å². The van der Waals surface area contributed by atoms with Crippen LogP contribution in [0.5, 0.6) is 0 Å². The van der Waals surface area contributed by atoms with Gasteiger partial charge in [0.25, 0.3) is 0 Å². The van der Waals surface area contributed by atoms with Crippen molar-refractivity contribution in [3.05, 3.63) is 11.1 Å². The molecule has 0 N–H and O–H groups in total. The molecular weight excluding hydrogens is 372 g/mol. The van der Waals surface area contributed by atoms with Gasteiger partial charge in [-0.25, -0.2) is 0 Å². The van der Waals surface area contributed by atoms with Gasteiger partial charge in [-0.3, -0.25) is 4.79 Å². The molecule has 0 aromatic rings. The van der Waals surface area contributed by atoms with E-state index in [0.717, 1.165) is 31.0 Å². The monoisotopic (exact) mass is 414 g/mol. The molecule has 2 fully saturated rings. The predicted octanol–water partition coefficient (Wildman–Crippen LogP) is 6.50. The fraction of sp³-hybridized carbons (Fsp3) is 0.852. The highest BCUT2D eigenvalue weighted by atomic mass is 16.5. The van der Waals surface area contributed by atoms with Crippen molar-refractivity contribution >= 4 is 12.3 Å². The van der Waals surface area contributed by atoms with Crippen LogP contribution in [0.1, 0.15) is 98.8 Å². The third-order valence-electron chi connectivity index (χ3n) is 10.3. The lowest BCUT2D eigenvalue weighted by atomic mass is 9.49. The lowest BCUT2D eigenvalue weighted by Crippen LogP contribution is -2.49. The van der Waals surface area contributed by atoms with E-state index in [1.165, 1.54) is 44.9 Å².